The van der Waals surface area contributed by atoms with Gasteiger partial charge < -0.3 is 20.6 Å². The van der Waals surface area contributed by atoms with Crippen LogP contribution in [0.15, 0.2) is 42.5 Å². The third kappa shape index (κ3) is 4.09. The first-order valence-electron chi connectivity index (χ1n) is 8.54. The molecule has 3 N–H and O–H groups in total. The minimum Gasteiger partial charge on any atom is -0.480 e. The van der Waals surface area contributed by atoms with Crippen LogP contribution >= 0.6 is 0 Å². The summed E-state index contributed by atoms with van der Waals surface area (Å²) in [6.07, 6.45) is 0.364. The van der Waals surface area contributed by atoms with Crippen LogP contribution in [0.25, 0.3) is 10.8 Å². The maximum Gasteiger partial charge on any atom is 0.320 e. The maximum absolute atomic E-state index is 12.2. The van der Waals surface area contributed by atoms with E-state index in [0.717, 1.165) is 13.1 Å². The van der Waals surface area contributed by atoms with E-state index < -0.39 is 12.0 Å². The van der Waals surface area contributed by atoms with Gasteiger partial charge in [-0.2, -0.15) is 0 Å². The summed E-state index contributed by atoms with van der Waals surface area (Å²) in [5.74, 6) is -1.08. The number of benzene rings is 2. The van der Waals surface area contributed by atoms with Crippen LogP contribution in [0.2, 0.25) is 0 Å². The number of anilines is 1. The first-order valence-corrected chi connectivity index (χ1v) is 8.54. The molecule has 2 aromatic rings. The van der Waals surface area contributed by atoms with Crippen molar-refractivity contribution in [3.8, 4) is 0 Å². The zero-order valence-corrected chi connectivity index (χ0v) is 14.1. The minimum absolute atomic E-state index is 0.0186. The smallest absolute Gasteiger partial charge is 0.320 e. The lowest BCUT2D eigenvalue weighted by Gasteiger charge is -2.36. The number of carbonyl (C=O) groups excluding carboxylic acids is 1. The van der Waals surface area contributed by atoms with E-state index >= 15 is 0 Å². The molecule has 0 saturated carbocycles. The Kier molecular flexibility index (Phi) is 5.19. The predicted molar refractivity (Wildman–Crippen MR) is 97.6 cm³/mol. The summed E-state index contributed by atoms with van der Waals surface area (Å²) >= 11 is 0. The van der Waals surface area contributed by atoms with Crippen molar-refractivity contribution in [3.63, 3.8) is 0 Å². The number of carbonyl (C=O) groups is 2. The predicted octanol–water partition coefficient (Wildman–Crippen LogP) is 1.68. The number of nitrogens with zero attached hydrogens (tertiary/aromatic N) is 2. The summed E-state index contributed by atoms with van der Waals surface area (Å²) < 4.78 is 0. The van der Waals surface area contributed by atoms with Gasteiger partial charge in [0.05, 0.1) is 0 Å². The number of amides is 1. The van der Waals surface area contributed by atoms with Gasteiger partial charge in [-0.15, -0.1) is 0 Å². The van der Waals surface area contributed by atoms with Crippen molar-refractivity contribution in [2.45, 2.75) is 18.9 Å². The van der Waals surface area contributed by atoms with Gasteiger partial charge in [-0.05, 0) is 29.3 Å². The Morgan fingerprint density at radius 3 is 2.40 bits per heavy atom. The van der Waals surface area contributed by atoms with Crippen molar-refractivity contribution in [3.05, 3.63) is 42.5 Å². The number of carboxylic acid groups (broad SMARTS) is 1. The second-order valence-electron chi connectivity index (χ2n) is 6.38. The average molecular weight is 341 g/mol. The topological polar surface area (TPSA) is 86.9 Å². The standard InChI is InChI=1S/C19H23N3O3/c20-17(19(24)25)7-8-18(23)22-11-9-21(10-12-22)16-6-5-14-3-1-2-4-15(14)13-16/h1-6,13,17H,7-12,20H2,(H,24,25)/t17-/m0/s1. The van der Waals surface area contributed by atoms with Gasteiger partial charge in [0.2, 0.25) is 5.91 Å². The lowest BCUT2D eigenvalue weighted by Crippen LogP contribution is -2.49. The van der Waals surface area contributed by atoms with Gasteiger partial charge in [-0.25, -0.2) is 0 Å². The first kappa shape index (κ1) is 17.2. The average Bonchev–Trinajstić information content (AvgIpc) is 2.65. The number of fused-ring (bicyclic) bond motifs is 1. The second kappa shape index (κ2) is 7.53. The van der Waals surface area contributed by atoms with Gasteiger partial charge in [-0.3, -0.25) is 9.59 Å². The Hall–Kier alpha value is -2.60. The molecule has 3 rings (SSSR count). The number of nitrogens with two attached hydrogens (primary N) is 1. The zero-order chi connectivity index (χ0) is 17.8. The summed E-state index contributed by atoms with van der Waals surface area (Å²) in [6, 6.07) is 13.7. The Morgan fingerprint density at radius 2 is 1.72 bits per heavy atom. The highest BCUT2D eigenvalue weighted by atomic mass is 16.4. The molecule has 25 heavy (non-hydrogen) atoms. The minimum atomic E-state index is -1.06. The van der Waals surface area contributed by atoms with Crippen molar-refractivity contribution in [1.82, 2.24) is 4.90 Å². The van der Waals surface area contributed by atoms with E-state index in [4.69, 9.17) is 10.8 Å². The molecule has 1 atom stereocenters. The second-order valence-corrected chi connectivity index (χ2v) is 6.38. The summed E-state index contributed by atoms with van der Waals surface area (Å²) in [6.45, 7) is 2.84. The molecule has 6 heteroatoms. The van der Waals surface area contributed by atoms with Gasteiger partial charge in [0.1, 0.15) is 6.04 Å². The molecule has 0 bridgehead atoms. The third-order valence-electron chi connectivity index (χ3n) is 4.72. The van der Waals surface area contributed by atoms with Crippen LogP contribution in [0.3, 0.4) is 0 Å². The van der Waals surface area contributed by atoms with E-state index in [2.05, 4.69) is 35.2 Å². The van der Waals surface area contributed by atoms with Crippen LogP contribution in [0, 0.1) is 0 Å². The molecule has 1 amide bonds. The van der Waals surface area contributed by atoms with Crippen molar-refractivity contribution in [1.29, 1.82) is 0 Å². The fourth-order valence-electron chi connectivity index (χ4n) is 3.15. The molecule has 1 heterocycles. The number of hydrogen-bond donors (Lipinski definition) is 2. The van der Waals surface area contributed by atoms with E-state index in [0.29, 0.717) is 13.1 Å². The highest BCUT2D eigenvalue weighted by Crippen LogP contribution is 2.23. The van der Waals surface area contributed by atoms with Crippen molar-refractivity contribution < 1.29 is 14.7 Å². The zero-order valence-electron chi connectivity index (χ0n) is 14.1. The van der Waals surface area contributed by atoms with E-state index in [1.54, 1.807) is 4.90 Å². The lowest BCUT2D eigenvalue weighted by atomic mass is 10.1. The molecule has 6 nitrogen and oxygen atoms in total. The Bertz CT molecular complexity index is 769. The molecule has 132 valence electrons. The quantitative estimate of drug-likeness (QED) is 0.864. The molecule has 1 aliphatic rings. The van der Waals surface area contributed by atoms with E-state index in [1.165, 1.54) is 16.5 Å². The molecule has 1 aliphatic heterocycles. The Labute approximate surface area is 146 Å². The highest BCUT2D eigenvalue weighted by molar-refractivity contribution is 5.86. The van der Waals surface area contributed by atoms with Gasteiger partial charge in [0.15, 0.2) is 0 Å². The van der Waals surface area contributed by atoms with E-state index in [-0.39, 0.29) is 18.7 Å². The molecule has 0 radical (unpaired) electrons. The summed E-state index contributed by atoms with van der Waals surface area (Å²) in [5, 5.41) is 11.2. The van der Waals surface area contributed by atoms with Gasteiger partial charge in [0.25, 0.3) is 0 Å². The van der Waals surface area contributed by atoms with Crippen LogP contribution in [-0.2, 0) is 9.59 Å². The first-order chi connectivity index (χ1) is 12.0. The number of piperazine rings is 1. The van der Waals surface area contributed by atoms with Crippen molar-refractivity contribution in [2.24, 2.45) is 5.73 Å². The Balaban J connectivity index is 1.55. The van der Waals surface area contributed by atoms with Crippen molar-refractivity contribution >= 4 is 28.3 Å². The fraction of sp³-hybridized carbons (Fsp3) is 0.368. The summed E-state index contributed by atoms with van der Waals surface area (Å²) in [4.78, 5) is 27.0. The molecule has 1 fully saturated rings. The van der Waals surface area contributed by atoms with Gasteiger partial charge in [0, 0.05) is 38.3 Å². The number of carboxylic acids is 1. The molecule has 0 aliphatic carbocycles. The summed E-state index contributed by atoms with van der Waals surface area (Å²) in [5.41, 5.74) is 6.62. The molecular formula is C19H23N3O3. The molecule has 0 spiro atoms. The molecule has 1 saturated heterocycles. The number of rotatable bonds is 5. The lowest BCUT2D eigenvalue weighted by molar-refractivity contribution is -0.139. The molecule has 0 aromatic heterocycles. The van der Waals surface area contributed by atoms with Crippen molar-refractivity contribution in [2.75, 3.05) is 31.1 Å². The molecule has 0 unspecified atom stereocenters. The Morgan fingerprint density at radius 1 is 1.04 bits per heavy atom. The van der Waals surface area contributed by atoms with Gasteiger partial charge in [-0.1, -0.05) is 30.3 Å². The summed E-state index contributed by atoms with van der Waals surface area (Å²) in [7, 11) is 0. The highest BCUT2D eigenvalue weighted by Gasteiger charge is 2.22. The van der Waals surface area contributed by atoms with Crippen LogP contribution in [0.1, 0.15) is 12.8 Å². The van der Waals surface area contributed by atoms with Crippen LogP contribution in [0.5, 0.6) is 0 Å². The fourth-order valence-corrected chi connectivity index (χ4v) is 3.15. The van der Waals surface area contributed by atoms with Crippen LogP contribution < -0.4 is 10.6 Å². The van der Waals surface area contributed by atoms with Crippen LogP contribution in [0.4, 0.5) is 5.69 Å². The van der Waals surface area contributed by atoms with Gasteiger partial charge >= 0.3 is 5.97 Å². The largest absolute Gasteiger partial charge is 0.480 e. The number of aliphatic carboxylic acids is 1. The van der Waals surface area contributed by atoms with E-state index in [9.17, 15) is 9.59 Å². The van der Waals surface area contributed by atoms with E-state index in [1.807, 2.05) is 12.1 Å². The number of hydrogen-bond acceptors (Lipinski definition) is 4. The third-order valence-corrected chi connectivity index (χ3v) is 4.72. The van der Waals surface area contributed by atoms with Crippen LogP contribution in [-0.4, -0.2) is 54.1 Å². The molecular weight excluding hydrogens is 318 g/mol. The normalized spacial score (nSPS) is 16.0. The maximum atomic E-state index is 12.2. The monoisotopic (exact) mass is 341 g/mol. The molecule has 2 aromatic carbocycles. The SMILES string of the molecule is N[C@@H](CCC(=O)N1CCN(c2ccc3ccccc3c2)CC1)C(=O)O.